The second kappa shape index (κ2) is 5.70. The van der Waals surface area contributed by atoms with Crippen LogP contribution in [-0.4, -0.2) is 32.0 Å². The lowest BCUT2D eigenvalue weighted by molar-refractivity contribution is 0.209. The van der Waals surface area contributed by atoms with Crippen LogP contribution in [0.2, 0.25) is 0 Å². The highest BCUT2D eigenvalue weighted by Crippen LogP contribution is 2.38. The van der Waals surface area contributed by atoms with Crippen LogP contribution in [0.5, 0.6) is 0 Å². The topological polar surface area (TPSA) is 46.2 Å². The number of nitrogens with one attached hydrogen (secondary N) is 1. The summed E-state index contributed by atoms with van der Waals surface area (Å²) in [5.41, 5.74) is 0.164. The summed E-state index contributed by atoms with van der Waals surface area (Å²) in [7, 11) is -2.93. The first-order valence-corrected chi connectivity index (χ1v) is 8.49. The minimum atomic E-state index is -2.93. The van der Waals surface area contributed by atoms with E-state index in [1.165, 1.54) is 0 Å². The Morgan fingerprint density at radius 1 is 1.29 bits per heavy atom. The van der Waals surface area contributed by atoms with Crippen LogP contribution in [-0.2, 0) is 9.84 Å². The van der Waals surface area contributed by atoms with E-state index in [4.69, 9.17) is 0 Å². The van der Waals surface area contributed by atoms with Crippen molar-refractivity contribution >= 4 is 9.84 Å². The monoisotopic (exact) mass is 261 g/mol. The maximum absolute atomic E-state index is 12.2. The van der Waals surface area contributed by atoms with Gasteiger partial charge in [-0.15, -0.1) is 0 Å². The normalized spacial score (nSPS) is 29.2. The van der Waals surface area contributed by atoms with Crippen molar-refractivity contribution in [2.75, 3.05) is 12.3 Å². The third kappa shape index (κ3) is 3.95. The SMILES string of the molecule is CCCNC1CCC(C)(C)CC1S(=O)(=O)CC. The molecule has 2 unspecified atom stereocenters. The van der Waals surface area contributed by atoms with E-state index in [-0.39, 0.29) is 22.5 Å². The van der Waals surface area contributed by atoms with E-state index in [0.29, 0.717) is 0 Å². The zero-order valence-electron chi connectivity index (χ0n) is 11.6. The summed E-state index contributed by atoms with van der Waals surface area (Å²) in [5.74, 6) is 0.262. The standard InChI is InChI=1S/C13H27NO2S/c1-5-9-14-11-7-8-13(3,4)10-12(11)17(15,16)6-2/h11-12,14H,5-10H2,1-4H3. The van der Waals surface area contributed by atoms with E-state index in [9.17, 15) is 8.42 Å². The van der Waals surface area contributed by atoms with Crippen molar-refractivity contribution in [2.24, 2.45) is 5.41 Å². The van der Waals surface area contributed by atoms with Gasteiger partial charge in [0.25, 0.3) is 0 Å². The van der Waals surface area contributed by atoms with Crippen molar-refractivity contribution in [3.63, 3.8) is 0 Å². The minimum Gasteiger partial charge on any atom is -0.313 e. The molecule has 0 aliphatic heterocycles. The van der Waals surface area contributed by atoms with Gasteiger partial charge in [0, 0.05) is 11.8 Å². The number of hydrogen-bond acceptors (Lipinski definition) is 3. The maximum atomic E-state index is 12.2. The molecule has 17 heavy (non-hydrogen) atoms. The van der Waals surface area contributed by atoms with Crippen molar-refractivity contribution in [1.29, 1.82) is 0 Å². The molecule has 0 saturated heterocycles. The quantitative estimate of drug-likeness (QED) is 0.826. The van der Waals surface area contributed by atoms with Gasteiger partial charge in [-0.1, -0.05) is 27.7 Å². The molecule has 1 rings (SSSR count). The van der Waals surface area contributed by atoms with Gasteiger partial charge in [-0.2, -0.15) is 0 Å². The highest BCUT2D eigenvalue weighted by molar-refractivity contribution is 7.92. The average Bonchev–Trinajstić information content (AvgIpc) is 2.26. The Kier molecular flexibility index (Phi) is 5.02. The molecule has 0 aromatic carbocycles. The van der Waals surface area contributed by atoms with Crippen LogP contribution >= 0.6 is 0 Å². The first kappa shape index (κ1) is 15.0. The van der Waals surface area contributed by atoms with Gasteiger partial charge < -0.3 is 5.32 Å². The summed E-state index contributed by atoms with van der Waals surface area (Å²) in [4.78, 5) is 0. The van der Waals surface area contributed by atoms with E-state index >= 15 is 0 Å². The average molecular weight is 261 g/mol. The minimum absolute atomic E-state index is 0.160. The fourth-order valence-electron chi connectivity index (χ4n) is 2.68. The van der Waals surface area contributed by atoms with Crippen molar-refractivity contribution in [3.8, 4) is 0 Å². The molecule has 0 bridgehead atoms. The van der Waals surface area contributed by atoms with Crippen LogP contribution in [0.4, 0.5) is 0 Å². The van der Waals surface area contributed by atoms with Gasteiger partial charge in [-0.3, -0.25) is 0 Å². The zero-order chi connectivity index (χ0) is 13.1. The summed E-state index contributed by atoms with van der Waals surface area (Å²) in [6.45, 7) is 9.15. The summed E-state index contributed by atoms with van der Waals surface area (Å²) in [6.07, 6.45) is 3.95. The highest BCUT2D eigenvalue weighted by Gasteiger charge is 2.40. The predicted molar refractivity (Wildman–Crippen MR) is 73.0 cm³/mol. The molecule has 0 amide bonds. The lowest BCUT2D eigenvalue weighted by Crippen LogP contribution is -2.50. The van der Waals surface area contributed by atoms with Crippen molar-refractivity contribution < 1.29 is 8.42 Å². The van der Waals surface area contributed by atoms with Gasteiger partial charge in [0.2, 0.25) is 0 Å². The van der Waals surface area contributed by atoms with Gasteiger partial charge in [0.05, 0.1) is 5.25 Å². The first-order valence-electron chi connectivity index (χ1n) is 6.77. The molecular weight excluding hydrogens is 234 g/mol. The molecule has 1 aliphatic rings. The van der Waals surface area contributed by atoms with Crippen LogP contribution in [0.1, 0.15) is 53.4 Å². The molecule has 0 radical (unpaired) electrons. The van der Waals surface area contributed by atoms with Crippen LogP contribution in [0, 0.1) is 5.41 Å². The second-order valence-corrected chi connectivity index (χ2v) is 8.47. The van der Waals surface area contributed by atoms with Gasteiger partial charge in [-0.25, -0.2) is 8.42 Å². The smallest absolute Gasteiger partial charge is 0.154 e. The maximum Gasteiger partial charge on any atom is 0.154 e. The Labute approximate surface area is 106 Å². The molecule has 0 aromatic rings. The Morgan fingerprint density at radius 2 is 1.94 bits per heavy atom. The lowest BCUT2D eigenvalue weighted by Gasteiger charge is -2.40. The van der Waals surface area contributed by atoms with Gasteiger partial charge in [-0.05, 0) is 37.6 Å². The van der Waals surface area contributed by atoms with Gasteiger partial charge >= 0.3 is 0 Å². The van der Waals surface area contributed by atoms with Crippen molar-refractivity contribution in [2.45, 2.75) is 64.7 Å². The molecule has 0 aromatic heterocycles. The molecule has 1 fully saturated rings. The molecular formula is C13H27NO2S. The number of hydrogen-bond donors (Lipinski definition) is 1. The predicted octanol–water partition coefficient (Wildman–Crippen LogP) is 2.37. The molecule has 2 atom stereocenters. The Hall–Kier alpha value is -0.0900. The van der Waals surface area contributed by atoms with E-state index in [0.717, 1.165) is 32.2 Å². The van der Waals surface area contributed by atoms with Crippen LogP contribution in [0.15, 0.2) is 0 Å². The second-order valence-electron chi connectivity index (χ2n) is 5.96. The molecule has 102 valence electrons. The van der Waals surface area contributed by atoms with Crippen LogP contribution < -0.4 is 5.32 Å². The van der Waals surface area contributed by atoms with E-state index < -0.39 is 9.84 Å². The molecule has 1 aliphatic carbocycles. The van der Waals surface area contributed by atoms with E-state index in [1.54, 1.807) is 6.92 Å². The molecule has 3 nitrogen and oxygen atoms in total. The van der Waals surface area contributed by atoms with Crippen molar-refractivity contribution in [1.82, 2.24) is 5.32 Å². The third-order valence-electron chi connectivity index (χ3n) is 3.85. The van der Waals surface area contributed by atoms with Gasteiger partial charge in [0.15, 0.2) is 9.84 Å². The van der Waals surface area contributed by atoms with E-state index in [1.807, 2.05) is 0 Å². The number of rotatable bonds is 5. The summed E-state index contributed by atoms with van der Waals surface area (Å²) >= 11 is 0. The Morgan fingerprint density at radius 3 is 2.47 bits per heavy atom. The Bertz CT molecular complexity index is 335. The third-order valence-corrected chi connectivity index (χ3v) is 6.08. The molecule has 4 heteroatoms. The summed E-state index contributed by atoms with van der Waals surface area (Å²) in [6, 6.07) is 0.160. The Balaban J connectivity index is 2.83. The zero-order valence-corrected chi connectivity index (χ0v) is 12.4. The molecule has 1 saturated carbocycles. The summed E-state index contributed by atoms with van der Waals surface area (Å²) in [5, 5.41) is 3.23. The molecule has 0 heterocycles. The molecule has 0 spiro atoms. The fraction of sp³-hybridized carbons (Fsp3) is 1.00. The molecule has 1 N–H and O–H groups in total. The van der Waals surface area contributed by atoms with Crippen LogP contribution in [0.3, 0.4) is 0 Å². The van der Waals surface area contributed by atoms with Crippen molar-refractivity contribution in [3.05, 3.63) is 0 Å². The first-order chi connectivity index (χ1) is 7.82. The van der Waals surface area contributed by atoms with Crippen LogP contribution in [0.25, 0.3) is 0 Å². The number of sulfone groups is 1. The lowest BCUT2D eigenvalue weighted by atomic mass is 9.75. The largest absolute Gasteiger partial charge is 0.313 e. The fourth-order valence-corrected chi connectivity index (χ4v) is 4.54. The van der Waals surface area contributed by atoms with Gasteiger partial charge in [0.1, 0.15) is 0 Å². The van der Waals surface area contributed by atoms with E-state index in [2.05, 4.69) is 26.1 Å². The highest BCUT2D eigenvalue weighted by atomic mass is 32.2. The summed E-state index contributed by atoms with van der Waals surface area (Å²) < 4.78 is 24.4.